The molecule has 0 heterocycles. The van der Waals surface area contributed by atoms with Crippen molar-refractivity contribution < 1.29 is 9.47 Å². The van der Waals surface area contributed by atoms with Crippen LogP contribution in [0.5, 0.6) is 5.75 Å². The van der Waals surface area contributed by atoms with Crippen LogP contribution in [0.15, 0.2) is 22.7 Å². The summed E-state index contributed by atoms with van der Waals surface area (Å²) in [5, 5.41) is 0. The van der Waals surface area contributed by atoms with E-state index in [-0.39, 0.29) is 11.6 Å². The number of ether oxygens (including phenoxy) is 2. The maximum atomic E-state index is 6.50. The lowest BCUT2D eigenvalue weighted by atomic mass is 9.77. The Balaban J connectivity index is 2.15. The molecule has 4 heteroatoms. The van der Waals surface area contributed by atoms with Crippen molar-refractivity contribution in [3.05, 3.63) is 28.2 Å². The highest BCUT2D eigenvalue weighted by molar-refractivity contribution is 9.10. The van der Waals surface area contributed by atoms with Crippen molar-refractivity contribution in [3.8, 4) is 5.75 Å². The molecule has 1 aromatic carbocycles. The number of hydrogen-bond acceptors (Lipinski definition) is 3. The van der Waals surface area contributed by atoms with Crippen LogP contribution in [0.3, 0.4) is 0 Å². The van der Waals surface area contributed by atoms with E-state index < -0.39 is 0 Å². The summed E-state index contributed by atoms with van der Waals surface area (Å²) < 4.78 is 12.2. The second-order valence-electron chi connectivity index (χ2n) is 5.60. The fraction of sp³-hybridized carbons (Fsp3) is 0.625. The Kier molecular flexibility index (Phi) is 5.47. The Morgan fingerprint density at radius 3 is 2.55 bits per heavy atom. The summed E-state index contributed by atoms with van der Waals surface area (Å²) in [4.78, 5) is 0. The Bertz CT molecular complexity index is 444. The van der Waals surface area contributed by atoms with E-state index in [1.165, 1.54) is 24.8 Å². The minimum absolute atomic E-state index is 0.0104. The van der Waals surface area contributed by atoms with Crippen molar-refractivity contribution >= 4 is 15.9 Å². The van der Waals surface area contributed by atoms with Crippen LogP contribution in [0.2, 0.25) is 0 Å². The lowest BCUT2D eigenvalue weighted by molar-refractivity contribution is -0.0583. The highest BCUT2D eigenvalue weighted by atomic mass is 79.9. The zero-order chi connectivity index (χ0) is 14.6. The second-order valence-corrected chi connectivity index (χ2v) is 6.45. The van der Waals surface area contributed by atoms with Crippen LogP contribution in [-0.2, 0) is 11.2 Å². The molecule has 1 atom stereocenters. The molecular formula is C16H24BrNO2. The van der Waals surface area contributed by atoms with E-state index in [9.17, 15) is 0 Å². The monoisotopic (exact) mass is 341 g/mol. The molecule has 0 radical (unpaired) electrons. The zero-order valence-corrected chi connectivity index (χ0v) is 13.9. The average molecular weight is 342 g/mol. The Morgan fingerprint density at radius 2 is 1.95 bits per heavy atom. The van der Waals surface area contributed by atoms with Gasteiger partial charge >= 0.3 is 0 Å². The van der Waals surface area contributed by atoms with Crippen LogP contribution in [0.4, 0.5) is 0 Å². The van der Waals surface area contributed by atoms with Crippen LogP contribution in [0.1, 0.15) is 37.7 Å². The molecule has 2 rings (SSSR count). The van der Waals surface area contributed by atoms with Gasteiger partial charge in [0.05, 0.1) is 12.7 Å². The molecule has 1 aliphatic rings. The summed E-state index contributed by atoms with van der Waals surface area (Å²) in [6.07, 6.45) is 6.63. The molecule has 2 N–H and O–H groups in total. The topological polar surface area (TPSA) is 44.5 Å². The van der Waals surface area contributed by atoms with Crippen LogP contribution < -0.4 is 10.5 Å². The number of halogens is 1. The molecule has 0 saturated heterocycles. The highest BCUT2D eigenvalue weighted by Crippen LogP contribution is 2.35. The third-order valence-corrected chi connectivity index (χ3v) is 5.25. The van der Waals surface area contributed by atoms with Gasteiger partial charge in [-0.3, -0.25) is 0 Å². The van der Waals surface area contributed by atoms with Gasteiger partial charge in [-0.15, -0.1) is 0 Å². The third-order valence-electron chi connectivity index (χ3n) is 4.47. The fourth-order valence-electron chi connectivity index (χ4n) is 3.13. The molecule has 0 spiro atoms. The molecule has 0 bridgehead atoms. The molecule has 1 aromatic rings. The van der Waals surface area contributed by atoms with Gasteiger partial charge in [0.1, 0.15) is 5.75 Å². The van der Waals surface area contributed by atoms with Gasteiger partial charge in [-0.2, -0.15) is 0 Å². The van der Waals surface area contributed by atoms with Crippen molar-refractivity contribution in [3.63, 3.8) is 0 Å². The average Bonchev–Trinajstić information content (AvgIpc) is 2.50. The normalized spacial score (nSPS) is 19.6. The summed E-state index contributed by atoms with van der Waals surface area (Å²) in [6.45, 7) is 0. The largest absolute Gasteiger partial charge is 0.497 e. The Hall–Kier alpha value is -0.580. The standard InChI is InChI=1S/C16H24BrNO2/c1-19-13-6-7-14(17)12(10-13)11-15(18)16(20-2)8-4-3-5-9-16/h6-7,10,15H,3-5,8-9,11,18H2,1-2H3. The Labute approximate surface area is 130 Å². The molecule has 0 aliphatic heterocycles. The van der Waals surface area contributed by atoms with Gasteiger partial charge < -0.3 is 15.2 Å². The summed E-state index contributed by atoms with van der Waals surface area (Å²) in [6, 6.07) is 6.03. The SMILES string of the molecule is COc1ccc(Br)c(CC(N)C2(OC)CCCCC2)c1. The molecule has 20 heavy (non-hydrogen) atoms. The smallest absolute Gasteiger partial charge is 0.119 e. The van der Waals surface area contributed by atoms with E-state index in [1.807, 2.05) is 12.1 Å². The zero-order valence-electron chi connectivity index (χ0n) is 12.3. The first-order chi connectivity index (χ1) is 9.61. The first kappa shape index (κ1) is 15.8. The highest BCUT2D eigenvalue weighted by Gasteiger charge is 2.38. The molecule has 1 aliphatic carbocycles. The lowest BCUT2D eigenvalue weighted by Crippen LogP contribution is -2.52. The summed E-state index contributed by atoms with van der Waals surface area (Å²) >= 11 is 3.60. The molecule has 1 fully saturated rings. The minimum atomic E-state index is -0.166. The summed E-state index contributed by atoms with van der Waals surface area (Å²) in [7, 11) is 3.48. The van der Waals surface area contributed by atoms with Gasteiger partial charge in [-0.25, -0.2) is 0 Å². The van der Waals surface area contributed by atoms with E-state index in [0.717, 1.165) is 29.5 Å². The molecule has 1 unspecified atom stereocenters. The number of benzene rings is 1. The maximum absolute atomic E-state index is 6.50. The minimum Gasteiger partial charge on any atom is -0.497 e. The van der Waals surface area contributed by atoms with Gasteiger partial charge in [0.25, 0.3) is 0 Å². The third kappa shape index (κ3) is 3.35. The van der Waals surface area contributed by atoms with Crippen molar-refractivity contribution in [2.24, 2.45) is 5.73 Å². The van der Waals surface area contributed by atoms with Gasteiger partial charge in [-0.05, 0) is 43.0 Å². The van der Waals surface area contributed by atoms with Crippen molar-refractivity contribution in [2.75, 3.05) is 14.2 Å². The molecule has 0 aromatic heterocycles. The summed E-state index contributed by atoms with van der Waals surface area (Å²) in [5.41, 5.74) is 7.51. The first-order valence-electron chi connectivity index (χ1n) is 7.24. The van der Waals surface area contributed by atoms with E-state index in [1.54, 1.807) is 14.2 Å². The maximum Gasteiger partial charge on any atom is 0.119 e. The summed E-state index contributed by atoms with van der Waals surface area (Å²) in [5.74, 6) is 0.866. The first-order valence-corrected chi connectivity index (χ1v) is 8.04. The van der Waals surface area contributed by atoms with Crippen molar-refractivity contribution in [1.82, 2.24) is 0 Å². The predicted molar refractivity (Wildman–Crippen MR) is 85.2 cm³/mol. The van der Waals surface area contributed by atoms with E-state index >= 15 is 0 Å². The lowest BCUT2D eigenvalue weighted by Gasteiger charge is -2.41. The molecule has 112 valence electrons. The van der Waals surface area contributed by atoms with Gasteiger partial charge in [0.15, 0.2) is 0 Å². The number of nitrogens with two attached hydrogens (primary N) is 1. The van der Waals surface area contributed by atoms with Crippen LogP contribution >= 0.6 is 15.9 Å². The van der Waals surface area contributed by atoms with Crippen molar-refractivity contribution in [1.29, 1.82) is 0 Å². The quantitative estimate of drug-likeness (QED) is 0.888. The fourth-order valence-corrected chi connectivity index (χ4v) is 3.54. The molecular weight excluding hydrogens is 318 g/mol. The molecule has 3 nitrogen and oxygen atoms in total. The number of rotatable bonds is 5. The predicted octanol–water partition coefficient (Wildman–Crippen LogP) is 3.68. The van der Waals surface area contributed by atoms with E-state index in [0.29, 0.717) is 0 Å². The van der Waals surface area contributed by atoms with Crippen LogP contribution in [0.25, 0.3) is 0 Å². The van der Waals surface area contributed by atoms with Gasteiger partial charge in [0.2, 0.25) is 0 Å². The van der Waals surface area contributed by atoms with Crippen LogP contribution in [0, 0.1) is 0 Å². The van der Waals surface area contributed by atoms with Crippen LogP contribution in [-0.4, -0.2) is 25.9 Å². The van der Waals surface area contributed by atoms with Gasteiger partial charge in [0, 0.05) is 17.6 Å². The second kappa shape index (κ2) is 6.92. The Morgan fingerprint density at radius 1 is 1.25 bits per heavy atom. The number of hydrogen-bond donors (Lipinski definition) is 1. The molecule has 1 saturated carbocycles. The van der Waals surface area contributed by atoms with Gasteiger partial charge in [-0.1, -0.05) is 35.2 Å². The molecule has 0 amide bonds. The number of methoxy groups -OCH3 is 2. The van der Waals surface area contributed by atoms with E-state index in [4.69, 9.17) is 15.2 Å². The van der Waals surface area contributed by atoms with E-state index in [2.05, 4.69) is 22.0 Å². The van der Waals surface area contributed by atoms with Crippen molar-refractivity contribution in [2.45, 2.75) is 50.2 Å².